The Kier molecular flexibility index (Phi) is 9.97. The van der Waals surface area contributed by atoms with Crippen LogP contribution in [0.25, 0.3) is 12.2 Å². The minimum absolute atomic E-state index is 0.0804. The van der Waals surface area contributed by atoms with Crippen molar-refractivity contribution < 1.29 is 38.5 Å². The molecule has 1 saturated carbocycles. The molecule has 2 aliphatic heterocycles. The standard InChI is InChI=1S/C50H45N3O8/c1-29-10-16-33(17-11-29)51-53-47(56)41-28-39-37(45(40-27-36(60-3)20-24-42(40)54)50(41,49(53)58)32-8-6-5-7-9-32)22-23-38-44(39)48(57)52(46(38)55)34-18-13-30(14-19-34)12-15-31-26-35(59-2)21-25-43(31)61-4/h5-22,24-27,38-39,41,44-45,51,54H,23,28H2,1-4H3. The second-order valence-corrected chi connectivity index (χ2v) is 16.1. The van der Waals surface area contributed by atoms with Crippen molar-refractivity contribution in [2.24, 2.45) is 23.7 Å². The lowest BCUT2D eigenvalue weighted by Crippen LogP contribution is -2.53. The van der Waals surface area contributed by atoms with Gasteiger partial charge in [0.1, 0.15) is 23.0 Å². The van der Waals surface area contributed by atoms with E-state index in [2.05, 4.69) is 5.43 Å². The molecule has 5 aromatic carbocycles. The summed E-state index contributed by atoms with van der Waals surface area (Å²) in [5.41, 5.74) is 7.00. The van der Waals surface area contributed by atoms with Gasteiger partial charge in [0.25, 0.3) is 11.8 Å². The van der Waals surface area contributed by atoms with E-state index in [1.165, 1.54) is 18.1 Å². The van der Waals surface area contributed by atoms with Crippen LogP contribution < -0.4 is 24.5 Å². The molecule has 3 fully saturated rings. The van der Waals surface area contributed by atoms with Gasteiger partial charge in [-0.15, -0.1) is 0 Å². The van der Waals surface area contributed by atoms with Gasteiger partial charge in [-0.2, -0.15) is 5.01 Å². The number of hydrazine groups is 1. The number of rotatable bonds is 10. The molecule has 5 aromatic rings. The maximum absolute atomic E-state index is 15.4. The summed E-state index contributed by atoms with van der Waals surface area (Å²) in [7, 11) is 4.73. The molecule has 0 bridgehead atoms. The largest absolute Gasteiger partial charge is 0.508 e. The van der Waals surface area contributed by atoms with Crippen LogP contribution in [0, 0.1) is 30.6 Å². The quantitative estimate of drug-likeness (QED) is 0.0815. The van der Waals surface area contributed by atoms with Gasteiger partial charge in [0.05, 0.1) is 55.9 Å². The number of carbonyl (C=O) groups is 4. The van der Waals surface area contributed by atoms with Gasteiger partial charge in [-0.3, -0.25) is 29.5 Å². The van der Waals surface area contributed by atoms with E-state index in [4.69, 9.17) is 14.2 Å². The lowest BCUT2D eigenvalue weighted by Gasteiger charge is -2.50. The molecule has 11 heteroatoms. The van der Waals surface area contributed by atoms with Gasteiger partial charge in [0.2, 0.25) is 11.8 Å². The maximum Gasteiger partial charge on any atom is 0.260 e. The van der Waals surface area contributed by atoms with E-state index in [0.29, 0.717) is 39.8 Å². The summed E-state index contributed by atoms with van der Waals surface area (Å²) in [6.45, 7) is 1.95. The van der Waals surface area contributed by atoms with E-state index < -0.39 is 46.8 Å². The first-order valence-corrected chi connectivity index (χ1v) is 20.3. The summed E-state index contributed by atoms with van der Waals surface area (Å²) >= 11 is 0. The number of imide groups is 2. The number of hydrogen-bond donors (Lipinski definition) is 2. The number of nitrogens with zero attached hydrogens (tertiary/aromatic N) is 2. The highest BCUT2D eigenvalue weighted by atomic mass is 16.5. The average Bonchev–Trinajstić information content (AvgIpc) is 3.67. The van der Waals surface area contributed by atoms with Crippen molar-refractivity contribution in [1.29, 1.82) is 0 Å². The van der Waals surface area contributed by atoms with Gasteiger partial charge in [-0.25, -0.2) is 0 Å². The van der Waals surface area contributed by atoms with E-state index in [1.807, 2.05) is 110 Å². The molecule has 11 nitrogen and oxygen atoms in total. The van der Waals surface area contributed by atoms with Crippen molar-refractivity contribution in [3.8, 4) is 23.0 Å². The number of amides is 4. The molecule has 2 heterocycles. The van der Waals surface area contributed by atoms with Gasteiger partial charge in [0, 0.05) is 17.0 Å². The monoisotopic (exact) mass is 815 g/mol. The number of phenols is 1. The first-order chi connectivity index (χ1) is 29.6. The summed E-state index contributed by atoms with van der Waals surface area (Å²) in [5, 5.41) is 12.8. The van der Waals surface area contributed by atoms with Crippen molar-refractivity contribution in [3.63, 3.8) is 0 Å². The zero-order valence-corrected chi connectivity index (χ0v) is 34.2. The van der Waals surface area contributed by atoms with Crippen LogP contribution in [0.5, 0.6) is 23.0 Å². The van der Waals surface area contributed by atoms with Crippen molar-refractivity contribution in [2.75, 3.05) is 31.7 Å². The van der Waals surface area contributed by atoms with Crippen molar-refractivity contribution in [2.45, 2.75) is 31.1 Å². The SMILES string of the molecule is COc1ccc(OC)c(C=Cc2ccc(N3C(=O)C4CC=C5C(CC6C(=O)N(Nc7ccc(C)cc7)C(=O)C6(c6ccccc6)C5c5cc(OC)ccc5O)C4C3=O)cc2)c1. The summed E-state index contributed by atoms with van der Waals surface area (Å²) in [5.74, 6) is -3.81. The van der Waals surface area contributed by atoms with Gasteiger partial charge < -0.3 is 19.3 Å². The molecular weight excluding hydrogens is 771 g/mol. The zero-order valence-electron chi connectivity index (χ0n) is 34.2. The Morgan fingerprint density at radius 2 is 1.44 bits per heavy atom. The Bertz CT molecular complexity index is 2620. The van der Waals surface area contributed by atoms with Crippen molar-refractivity contribution in [3.05, 3.63) is 155 Å². The number of benzene rings is 5. The van der Waals surface area contributed by atoms with Crippen LogP contribution in [0.15, 0.2) is 127 Å². The van der Waals surface area contributed by atoms with E-state index in [1.54, 1.807) is 38.5 Å². The number of ether oxygens (including phenoxy) is 3. The molecular formula is C50H45N3O8. The fraction of sp³-hybridized carbons (Fsp3) is 0.240. The predicted octanol–water partition coefficient (Wildman–Crippen LogP) is 8.09. The number of carbonyl (C=O) groups excluding carboxylic acids is 4. The number of aromatic hydroxyl groups is 1. The van der Waals surface area contributed by atoms with E-state index >= 15 is 4.79 Å². The van der Waals surface area contributed by atoms with Crippen LogP contribution in [-0.2, 0) is 24.6 Å². The summed E-state index contributed by atoms with van der Waals surface area (Å²) < 4.78 is 16.6. The zero-order chi connectivity index (χ0) is 42.6. The topological polar surface area (TPSA) is 135 Å². The van der Waals surface area contributed by atoms with Gasteiger partial charge in [-0.05, 0) is 97.5 Å². The van der Waals surface area contributed by atoms with Crippen LogP contribution in [0.2, 0.25) is 0 Å². The fourth-order valence-corrected chi connectivity index (χ4v) is 10.1. The number of fused-ring (bicyclic) bond motifs is 4. The Labute approximate surface area is 353 Å². The molecule has 61 heavy (non-hydrogen) atoms. The third-order valence-electron chi connectivity index (χ3n) is 13.0. The van der Waals surface area contributed by atoms with Crippen LogP contribution in [0.1, 0.15) is 46.6 Å². The minimum atomic E-state index is -1.53. The third kappa shape index (κ3) is 6.34. The Balaban J connectivity index is 1.12. The Morgan fingerprint density at radius 3 is 2.15 bits per heavy atom. The summed E-state index contributed by atoms with van der Waals surface area (Å²) in [4.78, 5) is 60.9. The molecule has 0 radical (unpaired) electrons. The minimum Gasteiger partial charge on any atom is -0.508 e. The first-order valence-electron chi connectivity index (χ1n) is 20.3. The van der Waals surface area contributed by atoms with E-state index in [9.17, 15) is 19.5 Å². The smallest absolute Gasteiger partial charge is 0.260 e. The number of nitrogens with one attached hydrogen (secondary N) is 1. The number of methoxy groups -OCH3 is 3. The second kappa shape index (κ2) is 15.5. The highest BCUT2D eigenvalue weighted by Crippen LogP contribution is 2.65. The number of anilines is 2. The van der Waals surface area contributed by atoms with Crippen LogP contribution in [-0.4, -0.2) is 55.1 Å². The Hall–Kier alpha value is -7.14. The second-order valence-electron chi connectivity index (χ2n) is 16.1. The molecule has 308 valence electrons. The highest BCUT2D eigenvalue weighted by Gasteiger charge is 2.70. The molecule has 6 unspecified atom stereocenters. The average molecular weight is 816 g/mol. The molecule has 2 aliphatic carbocycles. The predicted molar refractivity (Wildman–Crippen MR) is 231 cm³/mol. The van der Waals surface area contributed by atoms with Crippen molar-refractivity contribution >= 4 is 47.2 Å². The van der Waals surface area contributed by atoms with E-state index in [0.717, 1.165) is 27.3 Å². The van der Waals surface area contributed by atoms with Crippen LogP contribution in [0.3, 0.4) is 0 Å². The molecule has 0 spiro atoms. The molecule has 6 atom stereocenters. The molecule has 4 amide bonds. The number of phenolic OH excluding ortho intramolecular Hbond substituents is 1. The number of allylic oxidation sites excluding steroid dienone is 2. The molecule has 9 rings (SSSR count). The lowest BCUT2D eigenvalue weighted by molar-refractivity contribution is -0.138. The Morgan fingerprint density at radius 1 is 0.738 bits per heavy atom. The highest BCUT2D eigenvalue weighted by molar-refractivity contribution is 6.22. The normalized spacial score (nSPS) is 24.3. The van der Waals surface area contributed by atoms with Crippen molar-refractivity contribution in [1.82, 2.24) is 5.01 Å². The first kappa shape index (κ1) is 39.3. The molecule has 0 aromatic heterocycles. The van der Waals surface area contributed by atoms with Gasteiger partial charge >= 0.3 is 0 Å². The van der Waals surface area contributed by atoms with Gasteiger partial charge in [0.15, 0.2) is 0 Å². The maximum atomic E-state index is 15.4. The third-order valence-corrected chi connectivity index (χ3v) is 13.0. The fourth-order valence-electron chi connectivity index (χ4n) is 10.1. The summed E-state index contributed by atoms with van der Waals surface area (Å²) in [6.07, 6.45) is 6.16. The van der Waals surface area contributed by atoms with Crippen LogP contribution in [0.4, 0.5) is 11.4 Å². The molecule has 2 N–H and O–H groups in total. The number of aryl methyl sites for hydroxylation is 1. The molecule has 2 saturated heterocycles. The van der Waals surface area contributed by atoms with Crippen LogP contribution >= 0.6 is 0 Å². The summed E-state index contributed by atoms with van der Waals surface area (Å²) in [6, 6.07) is 34.2. The molecule has 4 aliphatic rings. The van der Waals surface area contributed by atoms with E-state index in [-0.39, 0.29) is 30.4 Å². The number of hydrogen-bond acceptors (Lipinski definition) is 9. The van der Waals surface area contributed by atoms with Gasteiger partial charge in [-0.1, -0.05) is 84.0 Å². The lowest BCUT2D eigenvalue weighted by atomic mass is 9.49.